The molecule has 1 aromatic carbocycles. The van der Waals surface area contributed by atoms with Gasteiger partial charge in [0.15, 0.2) is 0 Å². The molecule has 0 aliphatic heterocycles. The van der Waals surface area contributed by atoms with Gasteiger partial charge < -0.3 is 16.2 Å². The second-order valence-electron chi connectivity index (χ2n) is 4.07. The van der Waals surface area contributed by atoms with Gasteiger partial charge in [0.25, 0.3) is 0 Å². The van der Waals surface area contributed by atoms with Gasteiger partial charge in [-0.25, -0.2) is 13.2 Å². The lowest BCUT2D eigenvalue weighted by Gasteiger charge is -2.15. The summed E-state index contributed by atoms with van der Waals surface area (Å²) in [6.45, 7) is 1.34. The van der Waals surface area contributed by atoms with Crippen molar-refractivity contribution in [1.29, 1.82) is 0 Å². The highest BCUT2D eigenvalue weighted by Crippen LogP contribution is 2.10. The summed E-state index contributed by atoms with van der Waals surface area (Å²) in [5, 5.41) is 11.0. The normalized spacial score (nSPS) is 12.7. The molecule has 0 fully saturated rings. The lowest BCUT2D eigenvalue weighted by atomic mass is 10.2. The average molecular weight is 301 g/mol. The fourth-order valence-corrected chi connectivity index (χ4v) is 2.54. The zero-order valence-electron chi connectivity index (χ0n) is 10.7. The van der Waals surface area contributed by atoms with Gasteiger partial charge in [0.2, 0.25) is 10.0 Å². The fraction of sp³-hybridized carbons (Fsp3) is 0.273. The Morgan fingerprint density at radius 3 is 2.30 bits per heavy atom. The molecule has 0 aromatic heterocycles. The van der Waals surface area contributed by atoms with Crippen LogP contribution >= 0.6 is 0 Å². The number of carboxylic acid groups (broad SMARTS) is 1. The van der Waals surface area contributed by atoms with E-state index in [1.807, 2.05) is 10.0 Å². The van der Waals surface area contributed by atoms with E-state index in [1.54, 1.807) is 19.1 Å². The largest absolute Gasteiger partial charge is 0.480 e. The molecule has 1 rings (SSSR count). The Morgan fingerprint density at radius 2 is 1.85 bits per heavy atom. The summed E-state index contributed by atoms with van der Waals surface area (Å²) >= 11 is 0. The first-order valence-electron chi connectivity index (χ1n) is 5.57. The quantitative estimate of drug-likeness (QED) is 0.555. The van der Waals surface area contributed by atoms with E-state index in [-0.39, 0.29) is 4.90 Å². The van der Waals surface area contributed by atoms with E-state index in [1.165, 1.54) is 12.1 Å². The molecular formula is C11H15N3O5S. The van der Waals surface area contributed by atoms with Crippen molar-refractivity contribution in [3.63, 3.8) is 0 Å². The summed E-state index contributed by atoms with van der Waals surface area (Å²) in [6.07, 6.45) is 0. The molecule has 1 atom stereocenters. The van der Waals surface area contributed by atoms with Gasteiger partial charge in [0.1, 0.15) is 6.04 Å². The van der Waals surface area contributed by atoms with Gasteiger partial charge in [-0.05, 0) is 19.1 Å². The van der Waals surface area contributed by atoms with Crippen molar-refractivity contribution < 1.29 is 23.1 Å². The first-order chi connectivity index (χ1) is 9.22. The Balaban J connectivity index is 2.88. The van der Waals surface area contributed by atoms with Crippen LogP contribution in [0.5, 0.6) is 0 Å². The van der Waals surface area contributed by atoms with Crippen LogP contribution in [0.15, 0.2) is 29.2 Å². The van der Waals surface area contributed by atoms with Gasteiger partial charge in [-0.3, -0.25) is 4.79 Å². The number of benzene rings is 1. The smallest absolute Gasteiger partial charge is 0.323 e. The molecule has 2 amide bonds. The van der Waals surface area contributed by atoms with Crippen LogP contribution in [0.25, 0.3) is 0 Å². The minimum absolute atomic E-state index is 0.0616. The first kappa shape index (κ1) is 15.9. The number of rotatable bonds is 6. The highest BCUT2D eigenvalue weighted by Gasteiger charge is 2.25. The Labute approximate surface area is 116 Å². The Kier molecular flexibility index (Phi) is 5.06. The molecule has 0 saturated carbocycles. The Morgan fingerprint density at radius 1 is 1.30 bits per heavy atom. The van der Waals surface area contributed by atoms with E-state index in [9.17, 15) is 18.0 Å². The number of urea groups is 1. The third-order valence-corrected chi connectivity index (χ3v) is 3.89. The van der Waals surface area contributed by atoms with Crippen LogP contribution in [0.3, 0.4) is 0 Å². The second-order valence-corrected chi connectivity index (χ2v) is 5.78. The van der Waals surface area contributed by atoms with Crippen molar-refractivity contribution in [2.24, 2.45) is 5.73 Å². The molecule has 0 saturated heterocycles. The highest BCUT2D eigenvalue weighted by atomic mass is 32.2. The molecular weight excluding hydrogens is 286 g/mol. The van der Waals surface area contributed by atoms with E-state index in [4.69, 9.17) is 10.8 Å². The van der Waals surface area contributed by atoms with E-state index in [2.05, 4.69) is 0 Å². The van der Waals surface area contributed by atoms with Crippen LogP contribution in [0.1, 0.15) is 5.56 Å². The molecule has 0 aliphatic rings. The SMILES string of the molecule is Cc1ccc(S(=O)(=O)NC(CNC(N)=O)C(=O)O)cc1. The van der Waals surface area contributed by atoms with Gasteiger partial charge in [-0.1, -0.05) is 17.7 Å². The Hall–Kier alpha value is -2.13. The van der Waals surface area contributed by atoms with Gasteiger partial charge in [0.05, 0.1) is 4.90 Å². The molecule has 0 aliphatic carbocycles. The minimum atomic E-state index is -3.99. The highest BCUT2D eigenvalue weighted by molar-refractivity contribution is 7.89. The number of nitrogens with one attached hydrogen (secondary N) is 2. The molecule has 5 N–H and O–H groups in total. The molecule has 1 aromatic rings. The number of hydrogen-bond acceptors (Lipinski definition) is 4. The van der Waals surface area contributed by atoms with Crippen LogP contribution in [-0.2, 0) is 14.8 Å². The lowest BCUT2D eigenvalue weighted by Crippen LogP contribution is -2.49. The van der Waals surface area contributed by atoms with E-state index in [0.717, 1.165) is 5.56 Å². The molecule has 0 heterocycles. The minimum Gasteiger partial charge on any atom is -0.480 e. The third-order valence-electron chi connectivity index (χ3n) is 2.41. The number of amides is 2. The van der Waals surface area contributed by atoms with Crippen LogP contribution in [-0.4, -0.2) is 38.1 Å². The maximum atomic E-state index is 12.0. The standard InChI is InChI=1S/C11H15N3O5S/c1-7-2-4-8(5-3-7)20(18,19)14-9(10(15)16)6-13-11(12)17/h2-5,9,14H,6H2,1H3,(H,15,16)(H3,12,13,17). The number of carbonyl (C=O) groups excluding carboxylic acids is 1. The molecule has 20 heavy (non-hydrogen) atoms. The van der Waals surface area contributed by atoms with Crippen LogP contribution in [0.2, 0.25) is 0 Å². The predicted octanol–water partition coefficient (Wildman–Crippen LogP) is -0.605. The third kappa shape index (κ3) is 4.52. The molecule has 110 valence electrons. The van der Waals surface area contributed by atoms with Crippen molar-refractivity contribution in [3.05, 3.63) is 29.8 Å². The molecule has 0 radical (unpaired) electrons. The molecule has 8 nitrogen and oxygen atoms in total. The summed E-state index contributed by atoms with van der Waals surface area (Å²) in [7, 11) is -3.99. The van der Waals surface area contributed by atoms with Crippen molar-refractivity contribution in [1.82, 2.24) is 10.0 Å². The van der Waals surface area contributed by atoms with Crippen molar-refractivity contribution >= 4 is 22.0 Å². The molecule has 9 heteroatoms. The van der Waals surface area contributed by atoms with E-state index >= 15 is 0 Å². The number of nitrogens with two attached hydrogens (primary N) is 1. The van der Waals surface area contributed by atoms with Gasteiger partial charge >= 0.3 is 12.0 Å². The fourth-order valence-electron chi connectivity index (χ4n) is 1.35. The summed E-state index contributed by atoms with van der Waals surface area (Å²) in [6, 6.07) is 3.45. The lowest BCUT2D eigenvalue weighted by molar-refractivity contribution is -0.138. The molecule has 0 bridgehead atoms. The van der Waals surface area contributed by atoms with Gasteiger partial charge in [-0.2, -0.15) is 4.72 Å². The number of sulfonamides is 1. The monoisotopic (exact) mass is 301 g/mol. The van der Waals surface area contributed by atoms with Gasteiger partial charge in [-0.15, -0.1) is 0 Å². The van der Waals surface area contributed by atoms with E-state index < -0.39 is 34.6 Å². The summed E-state index contributed by atoms with van der Waals surface area (Å²) < 4.78 is 26.0. The zero-order chi connectivity index (χ0) is 15.3. The maximum absolute atomic E-state index is 12.0. The summed E-state index contributed by atoms with van der Waals surface area (Å²) in [5.41, 5.74) is 5.68. The van der Waals surface area contributed by atoms with Crippen LogP contribution in [0, 0.1) is 6.92 Å². The van der Waals surface area contributed by atoms with Crippen molar-refractivity contribution in [2.75, 3.05) is 6.54 Å². The van der Waals surface area contributed by atoms with Crippen LogP contribution < -0.4 is 15.8 Å². The zero-order valence-corrected chi connectivity index (χ0v) is 11.5. The average Bonchev–Trinajstić information content (AvgIpc) is 2.34. The number of aliphatic carboxylic acids is 1. The van der Waals surface area contributed by atoms with E-state index in [0.29, 0.717) is 0 Å². The Bertz CT molecular complexity index is 597. The number of aryl methyl sites for hydroxylation is 1. The first-order valence-corrected chi connectivity index (χ1v) is 7.06. The summed E-state index contributed by atoms with van der Waals surface area (Å²) in [5.74, 6) is -1.42. The summed E-state index contributed by atoms with van der Waals surface area (Å²) in [4.78, 5) is 21.4. The van der Waals surface area contributed by atoms with Crippen molar-refractivity contribution in [2.45, 2.75) is 17.9 Å². The number of primary amides is 1. The molecule has 0 spiro atoms. The van der Waals surface area contributed by atoms with Gasteiger partial charge in [0, 0.05) is 6.54 Å². The maximum Gasteiger partial charge on any atom is 0.323 e. The topological polar surface area (TPSA) is 139 Å². The molecule has 1 unspecified atom stereocenters. The number of carbonyl (C=O) groups is 2. The number of carboxylic acids is 1. The predicted molar refractivity (Wildman–Crippen MR) is 70.5 cm³/mol. The van der Waals surface area contributed by atoms with Crippen molar-refractivity contribution in [3.8, 4) is 0 Å². The second kappa shape index (κ2) is 6.35. The van der Waals surface area contributed by atoms with Crippen LogP contribution in [0.4, 0.5) is 4.79 Å². The number of hydrogen-bond donors (Lipinski definition) is 4.